The molecule has 70 valence electrons. The third-order valence-corrected chi connectivity index (χ3v) is 2.08. The smallest absolute Gasteiger partial charge is 0.177 e. The highest BCUT2D eigenvalue weighted by molar-refractivity contribution is 5.63. The summed E-state index contributed by atoms with van der Waals surface area (Å²) in [5.41, 5.74) is 1.13. The SMILES string of the molecule is CC(C)(C)Cc1c(O)ccc2c1O2. The van der Waals surface area contributed by atoms with Crippen LogP contribution < -0.4 is 4.74 Å². The maximum Gasteiger partial charge on any atom is 0.177 e. The van der Waals surface area contributed by atoms with Gasteiger partial charge in [-0.05, 0) is 24.0 Å². The van der Waals surface area contributed by atoms with E-state index < -0.39 is 0 Å². The first-order valence-corrected chi connectivity index (χ1v) is 4.50. The quantitative estimate of drug-likeness (QED) is 0.680. The molecule has 0 spiro atoms. The molecule has 2 heteroatoms. The van der Waals surface area contributed by atoms with Gasteiger partial charge in [-0.15, -0.1) is 0 Å². The molecule has 1 aromatic rings. The van der Waals surface area contributed by atoms with E-state index in [2.05, 4.69) is 20.8 Å². The van der Waals surface area contributed by atoms with Gasteiger partial charge in [-0.25, -0.2) is 0 Å². The molecule has 1 N–H and O–H groups in total. The van der Waals surface area contributed by atoms with Gasteiger partial charge < -0.3 is 9.84 Å². The van der Waals surface area contributed by atoms with Gasteiger partial charge in [0.2, 0.25) is 0 Å². The number of hydrogen-bond acceptors (Lipinski definition) is 2. The summed E-state index contributed by atoms with van der Waals surface area (Å²) in [4.78, 5) is 0. The summed E-state index contributed by atoms with van der Waals surface area (Å²) in [5.74, 6) is 2.15. The van der Waals surface area contributed by atoms with E-state index in [1.807, 2.05) is 0 Å². The zero-order valence-corrected chi connectivity index (χ0v) is 8.22. The lowest BCUT2D eigenvalue weighted by Crippen LogP contribution is -2.08. The Labute approximate surface area is 78.2 Å². The maximum absolute atomic E-state index is 9.61. The zero-order valence-electron chi connectivity index (χ0n) is 8.22. The molecule has 0 saturated carbocycles. The van der Waals surface area contributed by atoms with Gasteiger partial charge in [0, 0.05) is 5.56 Å². The molecule has 0 amide bonds. The Kier molecular flexibility index (Phi) is 1.56. The zero-order chi connectivity index (χ0) is 9.64. The summed E-state index contributed by atoms with van der Waals surface area (Å²) in [6.45, 7) is 6.44. The molecule has 1 aliphatic heterocycles. The third-order valence-electron chi connectivity index (χ3n) is 2.08. The van der Waals surface area contributed by atoms with Crippen LogP contribution in [0.5, 0.6) is 17.2 Å². The van der Waals surface area contributed by atoms with E-state index in [0.29, 0.717) is 5.75 Å². The number of phenolic OH excluding ortho intramolecular Hbond substituents is 1. The first-order chi connectivity index (χ1) is 5.97. The molecular formula is C11H14O2. The average molecular weight is 178 g/mol. The predicted molar refractivity (Wildman–Crippen MR) is 51.3 cm³/mol. The van der Waals surface area contributed by atoms with Crippen LogP contribution in [0.15, 0.2) is 12.1 Å². The largest absolute Gasteiger partial charge is 0.508 e. The van der Waals surface area contributed by atoms with Crippen molar-refractivity contribution in [2.45, 2.75) is 27.2 Å². The van der Waals surface area contributed by atoms with E-state index in [9.17, 15) is 5.11 Å². The van der Waals surface area contributed by atoms with Crippen molar-refractivity contribution in [3.8, 4) is 17.2 Å². The van der Waals surface area contributed by atoms with Crippen LogP contribution in [0.4, 0.5) is 0 Å². The fourth-order valence-electron chi connectivity index (χ4n) is 1.48. The summed E-state index contributed by atoms with van der Waals surface area (Å²) in [7, 11) is 0. The van der Waals surface area contributed by atoms with Crippen LogP contribution in [0.3, 0.4) is 0 Å². The lowest BCUT2D eigenvalue weighted by atomic mass is 9.88. The van der Waals surface area contributed by atoms with Crippen LogP contribution in [0.25, 0.3) is 0 Å². The Morgan fingerprint density at radius 2 is 2.00 bits per heavy atom. The lowest BCUT2D eigenvalue weighted by Gasteiger charge is -2.17. The second-order valence-electron chi connectivity index (χ2n) is 4.73. The first kappa shape index (κ1) is 8.42. The molecule has 0 saturated heterocycles. The van der Waals surface area contributed by atoms with Crippen molar-refractivity contribution in [2.24, 2.45) is 5.41 Å². The number of rotatable bonds is 1. The average Bonchev–Trinajstić information content (AvgIpc) is 2.71. The number of fused-ring (bicyclic) bond motifs is 1. The molecular weight excluding hydrogens is 164 g/mol. The minimum atomic E-state index is 0.179. The molecule has 2 rings (SSSR count). The van der Waals surface area contributed by atoms with E-state index in [0.717, 1.165) is 23.5 Å². The number of aromatic hydroxyl groups is 1. The second-order valence-corrected chi connectivity index (χ2v) is 4.73. The fourth-order valence-corrected chi connectivity index (χ4v) is 1.48. The summed E-state index contributed by atoms with van der Waals surface area (Å²) >= 11 is 0. The van der Waals surface area contributed by atoms with Gasteiger partial charge in [0.1, 0.15) is 5.75 Å². The molecule has 0 fully saturated rings. The summed E-state index contributed by atoms with van der Waals surface area (Å²) in [6.07, 6.45) is 0.849. The van der Waals surface area contributed by atoms with Crippen molar-refractivity contribution in [2.75, 3.05) is 0 Å². The van der Waals surface area contributed by atoms with Crippen LogP contribution >= 0.6 is 0 Å². The monoisotopic (exact) mass is 178 g/mol. The Morgan fingerprint density at radius 3 is 2.62 bits per heavy atom. The highest BCUT2D eigenvalue weighted by Gasteiger charge is 2.29. The van der Waals surface area contributed by atoms with Crippen LogP contribution in [0.1, 0.15) is 26.3 Å². The highest BCUT2D eigenvalue weighted by Crippen LogP contribution is 2.52. The van der Waals surface area contributed by atoms with Crippen molar-refractivity contribution in [1.29, 1.82) is 0 Å². The molecule has 0 aliphatic carbocycles. The van der Waals surface area contributed by atoms with Gasteiger partial charge in [0.25, 0.3) is 0 Å². The fraction of sp³-hybridized carbons (Fsp3) is 0.455. The van der Waals surface area contributed by atoms with E-state index >= 15 is 0 Å². The van der Waals surface area contributed by atoms with Crippen molar-refractivity contribution >= 4 is 0 Å². The predicted octanol–water partition coefficient (Wildman–Crippen LogP) is 3.09. The van der Waals surface area contributed by atoms with Gasteiger partial charge >= 0.3 is 0 Å². The summed E-state index contributed by atoms with van der Waals surface area (Å²) < 4.78 is 5.24. The summed E-state index contributed by atoms with van der Waals surface area (Å²) in [5, 5.41) is 9.61. The Balaban J connectivity index is 2.32. The van der Waals surface area contributed by atoms with Crippen molar-refractivity contribution in [3.05, 3.63) is 17.7 Å². The molecule has 0 bridgehead atoms. The molecule has 2 nitrogen and oxygen atoms in total. The van der Waals surface area contributed by atoms with Crippen LogP contribution in [-0.4, -0.2) is 5.11 Å². The lowest BCUT2D eigenvalue weighted by molar-refractivity contribution is 0.393. The van der Waals surface area contributed by atoms with Gasteiger partial charge in [-0.3, -0.25) is 0 Å². The minimum absolute atomic E-state index is 0.179. The third kappa shape index (κ3) is 1.62. The number of phenols is 1. The highest BCUT2D eigenvalue weighted by atomic mass is 16.6. The summed E-state index contributed by atoms with van der Waals surface area (Å²) in [6, 6.07) is 3.50. The first-order valence-electron chi connectivity index (χ1n) is 4.50. The van der Waals surface area contributed by atoms with Crippen LogP contribution in [0, 0.1) is 5.41 Å². The standard InChI is InChI=1S/C11H14O2/c1-11(2,3)6-7-8(12)4-5-9-10(7)13-9/h4-5,12H,6H2,1-3H3. The molecule has 13 heavy (non-hydrogen) atoms. The molecule has 1 aromatic carbocycles. The van der Waals surface area contributed by atoms with E-state index in [4.69, 9.17) is 4.74 Å². The van der Waals surface area contributed by atoms with E-state index in [1.54, 1.807) is 12.1 Å². The van der Waals surface area contributed by atoms with Crippen molar-refractivity contribution in [1.82, 2.24) is 0 Å². The Hall–Kier alpha value is -1.18. The van der Waals surface area contributed by atoms with Crippen LogP contribution in [-0.2, 0) is 6.42 Å². The van der Waals surface area contributed by atoms with E-state index in [1.165, 1.54) is 0 Å². The van der Waals surface area contributed by atoms with Crippen LogP contribution in [0.2, 0.25) is 0 Å². The normalized spacial score (nSPS) is 13.5. The molecule has 1 aliphatic rings. The Bertz CT molecular complexity index is 344. The minimum Gasteiger partial charge on any atom is -0.508 e. The van der Waals surface area contributed by atoms with Gasteiger partial charge in [0.15, 0.2) is 11.5 Å². The Morgan fingerprint density at radius 1 is 1.31 bits per heavy atom. The van der Waals surface area contributed by atoms with Gasteiger partial charge in [-0.2, -0.15) is 0 Å². The number of hydrogen-bond donors (Lipinski definition) is 1. The number of benzene rings is 1. The second kappa shape index (κ2) is 2.41. The van der Waals surface area contributed by atoms with Gasteiger partial charge in [0.05, 0.1) is 0 Å². The van der Waals surface area contributed by atoms with E-state index in [-0.39, 0.29) is 5.41 Å². The van der Waals surface area contributed by atoms with Gasteiger partial charge in [-0.1, -0.05) is 20.8 Å². The topological polar surface area (TPSA) is 32.8 Å². The molecule has 0 unspecified atom stereocenters. The molecule has 0 radical (unpaired) electrons. The number of ether oxygens (including phenoxy) is 1. The molecule has 1 heterocycles. The van der Waals surface area contributed by atoms with Crippen molar-refractivity contribution in [3.63, 3.8) is 0 Å². The molecule has 0 aromatic heterocycles. The molecule has 0 atom stereocenters. The van der Waals surface area contributed by atoms with Crippen molar-refractivity contribution < 1.29 is 9.84 Å². The maximum atomic E-state index is 9.61.